The minimum absolute atomic E-state index is 0. The van der Waals surface area contributed by atoms with Crippen LogP contribution in [0.4, 0.5) is 0 Å². The first-order valence-electron chi connectivity index (χ1n) is 8.32. The van der Waals surface area contributed by atoms with Crippen LogP contribution in [0.5, 0.6) is 0 Å². The number of rotatable bonds is 14. The molecule has 0 aliphatic rings. The minimum atomic E-state index is -2.25. The third-order valence-electron chi connectivity index (χ3n) is 3.29. The molecule has 0 aromatic carbocycles. The molecule has 0 aliphatic carbocycles. The average Bonchev–Trinajstić information content (AvgIpc) is 2.37. The molecule has 0 atom stereocenters. The zero-order valence-electron chi connectivity index (χ0n) is 14.0. The van der Waals surface area contributed by atoms with Crippen molar-refractivity contribution >= 4 is 37.8 Å². The van der Waals surface area contributed by atoms with E-state index in [0.29, 0.717) is 13.2 Å². The van der Waals surface area contributed by atoms with Crippen LogP contribution < -0.4 is 0 Å². The molecular formula is C16H36NaO3P. The van der Waals surface area contributed by atoms with Crippen molar-refractivity contribution in [2.24, 2.45) is 11.8 Å². The molecule has 0 saturated carbocycles. The summed E-state index contributed by atoms with van der Waals surface area (Å²) < 4.78 is 21.9. The molecule has 0 aliphatic heterocycles. The summed E-state index contributed by atoms with van der Waals surface area (Å²) in [6.45, 7) is 10.1. The van der Waals surface area contributed by atoms with Gasteiger partial charge in [-0.15, -0.1) is 0 Å². The fourth-order valence-electron chi connectivity index (χ4n) is 2.02. The molecule has 124 valence electrons. The van der Waals surface area contributed by atoms with Gasteiger partial charge in [0.25, 0.3) is 0 Å². The predicted molar refractivity (Wildman–Crippen MR) is 94.7 cm³/mol. The average molecular weight is 330 g/mol. The summed E-state index contributed by atoms with van der Waals surface area (Å²) >= 11 is 0. The van der Waals surface area contributed by atoms with E-state index >= 15 is 0 Å². The van der Waals surface area contributed by atoms with Crippen molar-refractivity contribution < 1.29 is 13.6 Å². The molecule has 0 fully saturated rings. The summed E-state index contributed by atoms with van der Waals surface area (Å²) in [6, 6.07) is 0. The summed E-state index contributed by atoms with van der Waals surface area (Å²) in [5.74, 6) is 1.54. The van der Waals surface area contributed by atoms with E-state index in [9.17, 15) is 4.57 Å². The van der Waals surface area contributed by atoms with E-state index < -0.39 is 8.25 Å². The van der Waals surface area contributed by atoms with Gasteiger partial charge in [0.15, 0.2) is 0 Å². The van der Waals surface area contributed by atoms with Gasteiger partial charge >= 0.3 is 37.8 Å². The summed E-state index contributed by atoms with van der Waals surface area (Å²) in [7, 11) is -2.25. The van der Waals surface area contributed by atoms with Crippen LogP contribution >= 0.6 is 8.25 Å². The molecule has 0 aromatic heterocycles. The maximum atomic E-state index is 11.5. The summed E-state index contributed by atoms with van der Waals surface area (Å²) in [5, 5.41) is 0. The van der Waals surface area contributed by atoms with Crippen molar-refractivity contribution in [2.45, 2.75) is 79.1 Å². The van der Waals surface area contributed by atoms with Gasteiger partial charge in [-0.1, -0.05) is 66.2 Å². The Labute approximate surface area is 155 Å². The van der Waals surface area contributed by atoms with Gasteiger partial charge in [-0.05, 0) is 24.7 Å². The zero-order valence-corrected chi connectivity index (χ0v) is 15.0. The zero-order chi connectivity index (χ0) is 15.2. The fourth-order valence-corrected chi connectivity index (χ4v) is 2.72. The molecule has 0 radical (unpaired) electrons. The van der Waals surface area contributed by atoms with Crippen molar-refractivity contribution in [3.05, 3.63) is 0 Å². The van der Waals surface area contributed by atoms with Crippen LogP contribution in [-0.4, -0.2) is 42.8 Å². The van der Waals surface area contributed by atoms with Gasteiger partial charge in [0.1, 0.15) is 0 Å². The molecule has 0 rings (SSSR count). The predicted octanol–water partition coefficient (Wildman–Crippen LogP) is 5.19. The summed E-state index contributed by atoms with van der Waals surface area (Å²) in [6.07, 6.45) is 9.29. The third kappa shape index (κ3) is 21.1. The van der Waals surface area contributed by atoms with E-state index in [1.807, 2.05) is 0 Å². The van der Waals surface area contributed by atoms with Gasteiger partial charge in [0.2, 0.25) is 0 Å². The van der Waals surface area contributed by atoms with Gasteiger partial charge in [-0.2, -0.15) is 0 Å². The molecule has 21 heavy (non-hydrogen) atoms. The first kappa shape index (κ1) is 24.4. The van der Waals surface area contributed by atoms with E-state index in [1.54, 1.807) is 0 Å². The van der Waals surface area contributed by atoms with E-state index in [0.717, 1.165) is 37.5 Å². The molecule has 0 bridgehead atoms. The van der Waals surface area contributed by atoms with E-state index in [1.165, 1.54) is 25.7 Å². The van der Waals surface area contributed by atoms with Gasteiger partial charge < -0.3 is 9.05 Å². The Kier molecular flexibility index (Phi) is 20.3. The summed E-state index contributed by atoms with van der Waals surface area (Å²) in [5.41, 5.74) is 0. The van der Waals surface area contributed by atoms with E-state index in [2.05, 4.69) is 27.7 Å². The van der Waals surface area contributed by atoms with Gasteiger partial charge in [-0.3, -0.25) is 4.57 Å². The van der Waals surface area contributed by atoms with Crippen LogP contribution in [0.1, 0.15) is 79.1 Å². The monoisotopic (exact) mass is 330 g/mol. The van der Waals surface area contributed by atoms with Crippen molar-refractivity contribution in [1.82, 2.24) is 0 Å². The van der Waals surface area contributed by atoms with Crippen LogP contribution in [0, 0.1) is 11.8 Å². The second-order valence-corrected chi connectivity index (χ2v) is 7.51. The van der Waals surface area contributed by atoms with Crippen LogP contribution in [0.3, 0.4) is 0 Å². The standard InChI is InChI=1S/C16H35O3P.Na.H/c1-15(2)11-7-5-9-13-18-20(17)19-14-10-6-8-12-16(3)4;;/h15-16,20H,5-14H2,1-4H3;;. The topological polar surface area (TPSA) is 35.5 Å². The molecule has 0 spiro atoms. The number of hydrogen-bond donors (Lipinski definition) is 0. The number of hydrogen-bond acceptors (Lipinski definition) is 3. The molecule has 0 N–H and O–H groups in total. The maximum absolute atomic E-state index is 11.5. The Morgan fingerprint density at radius 3 is 1.43 bits per heavy atom. The normalized spacial score (nSPS) is 11.4. The van der Waals surface area contributed by atoms with Crippen LogP contribution in [0.2, 0.25) is 0 Å². The van der Waals surface area contributed by atoms with Crippen molar-refractivity contribution in [2.75, 3.05) is 13.2 Å². The molecular weight excluding hydrogens is 294 g/mol. The Bertz CT molecular complexity index is 214. The van der Waals surface area contributed by atoms with Gasteiger partial charge in [-0.25, -0.2) is 0 Å². The first-order chi connectivity index (χ1) is 9.52. The van der Waals surface area contributed by atoms with Gasteiger partial charge in [0.05, 0.1) is 13.2 Å². The Morgan fingerprint density at radius 2 is 1.10 bits per heavy atom. The van der Waals surface area contributed by atoms with Crippen molar-refractivity contribution in [3.63, 3.8) is 0 Å². The molecule has 3 nitrogen and oxygen atoms in total. The van der Waals surface area contributed by atoms with Crippen molar-refractivity contribution in [3.8, 4) is 0 Å². The molecule has 5 heteroatoms. The Hall–Kier alpha value is 1.15. The molecule has 0 aromatic rings. The van der Waals surface area contributed by atoms with E-state index in [-0.39, 0.29) is 29.6 Å². The SMILES string of the molecule is CC(C)CCCCCO[PH](=O)OCCCCCC(C)C.[NaH]. The van der Waals surface area contributed by atoms with Crippen LogP contribution in [-0.2, 0) is 13.6 Å². The fraction of sp³-hybridized carbons (Fsp3) is 1.00. The molecule has 0 saturated heterocycles. The first-order valence-corrected chi connectivity index (χ1v) is 9.54. The molecule has 0 heterocycles. The van der Waals surface area contributed by atoms with Crippen LogP contribution in [0.25, 0.3) is 0 Å². The second-order valence-electron chi connectivity index (χ2n) is 6.43. The van der Waals surface area contributed by atoms with Crippen molar-refractivity contribution in [1.29, 1.82) is 0 Å². The Balaban J connectivity index is 0. The van der Waals surface area contributed by atoms with Gasteiger partial charge in [0, 0.05) is 0 Å². The summed E-state index contributed by atoms with van der Waals surface area (Å²) in [4.78, 5) is 0. The quantitative estimate of drug-likeness (QED) is 0.250. The Morgan fingerprint density at radius 1 is 0.714 bits per heavy atom. The second kappa shape index (κ2) is 17.5. The van der Waals surface area contributed by atoms with E-state index in [4.69, 9.17) is 9.05 Å². The molecule has 0 unspecified atom stereocenters. The number of unbranched alkanes of at least 4 members (excludes halogenated alkanes) is 4. The molecule has 0 amide bonds. The third-order valence-corrected chi connectivity index (χ3v) is 4.17. The van der Waals surface area contributed by atoms with Crippen LogP contribution in [0.15, 0.2) is 0 Å².